The molecular formula is C18H27N3O4. The molecule has 0 bridgehead atoms. The van der Waals surface area contributed by atoms with Crippen LogP contribution in [0.1, 0.15) is 53.9 Å². The highest BCUT2D eigenvalue weighted by Crippen LogP contribution is 2.33. The molecule has 1 saturated heterocycles. The Bertz CT molecular complexity index is 623. The molecule has 0 radical (unpaired) electrons. The van der Waals surface area contributed by atoms with Crippen molar-refractivity contribution in [2.24, 2.45) is 5.92 Å². The van der Waals surface area contributed by atoms with Crippen LogP contribution in [0.15, 0.2) is 4.52 Å². The number of aromatic nitrogens is 1. The number of methoxy groups -OCH3 is 1. The minimum absolute atomic E-state index is 0.0369. The highest BCUT2D eigenvalue weighted by molar-refractivity contribution is 5.96. The van der Waals surface area contributed by atoms with E-state index >= 15 is 0 Å². The van der Waals surface area contributed by atoms with Gasteiger partial charge in [0.2, 0.25) is 5.91 Å². The molecule has 25 heavy (non-hydrogen) atoms. The van der Waals surface area contributed by atoms with Gasteiger partial charge in [0.15, 0.2) is 0 Å². The first-order chi connectivity index (χ1) is 12.0. The number of amides is 2. The van der Waals surface area contributed by atoms with Gasteiger partial charge in [-0.05, 0) is 46.0 Å². The molecule has 2 fully saturated rings. The van der Waals surface area contributed by atoms with Crippen LogP contribution in [0.4, 0.5) is 0 Å². The van der Waals surface area contributed by atoms with Crippen LogP contribution >= 0.6 is 0 Å². The third-order valence-corrected chi connectivity index (χ3v) is 5.38. The number of ether oxygens (including phenoxy) is 1. The maximum absolute atomic E-state index is 12.8. The van der Waals surface area contributed by atoms with E-state index in [4.69, 9.17) is 9.26 Å². The zero-order valence-electron chi connectivity index (χ0n) is 15.3. The summed E-state index contributed by atoms with van der Waals surface area (Å²) in [5.74, 6) is 0.855. The second kappa shape index (κ2) is 7.15. The van der Waals surface area contributed by atoms with Crippen molar-refractivity contribution >= 4 is 11.8 Å². The quantitative estimate of drug-likeness (QED) is 0.847. The van der Waals surface area contributed by atoms with E-state index in [0.29, 0.717) is 36.7 Å². The minimum atomic E-state index is -0.273. The summed E-state index contributed by atoms with van der Waals surface area (Å²) in [6, 6.07) is 0. The van der Waals surface area contributed by atoms with Gasteiger partial charge in [-0.15, -0.1) is 0 Å². The van der Waals surface area contributed by atoms with E-state index < -0.39 is 0 Å². The van der Waals surface area contributed by atoms with E-state index in [0.717, 1.165) is 32.1 Å². The Morgan fingerprint density at radius 1 is 1.32 bits per heavy atom. The van der Waals surface area contributed by atoms with Crippen molar-refractivity contribution in [1.29, 1.82) is 0 Å². The summed E-state index contributed by atoms with van der Waals surface area (Å²) >= 11 is 0. The molecule has 1 saturated carbocycles. The highest BCUT2D eigenvalue weighted by Gasteiger charge is 2.40. The van der Waals surface area contributed by atoms with Gasteiger partial charge in [-0.25, -0.2) is 0 Å². The van der Waals surface area contributed by atoms with E-state index in [1.807, 2.05) is 4.90 Å². The van der Waals surface area contributed by atoms with Gasteiger partial charge in [-0.2, -0.15) is 0 Å². The number of likely N-dealkylation sites (tertiary alicyclic amines) is 1. The standard InChI is InChI=1S/C18H27N3O4/c1-12-15(13(2)25-20-12)17(23)21-9-6-18(7-10-21,8-11-24-3)19-16(22)14-4-5-14/h14H,4-11H2,1-3H3,(H,19,22). The molecule has 138 valence electrons. The molecule has 1 aromatic rings. The molecule has 1 aromatic heterocycles. The fourth-order valence-corrected chi connectivity index (χ4v) is 3.53. The van der Waals surface area contributed by atoms with Crippen molar-refractivity contribution in [3.05, 3.63) is 17.0 Å². The number of aryl methyl sites for hydroxylation is 2. The second-order valence-corrected chi connectivity index (χ2v) is 7.28. The second-order valence-electron chi connectivity index (χ2n) is 7.28. The summed E-state index contributed by atoms with van der Waals surface area (Å²) in [5, 5.41) is 7.13. The SMILES string of the molecule is COCCC1(NC(=O)C2CC2)CCN(C(=O)c2c(C)noc2C)CC1. The number of piperidine rings is 1. The molecule has 2 amide bonds. The molecule has 7 nitrogen and oxygen atoms in total. The third kappa shape index (κ3) is 3.86. The normalized spacial score (nSPS) is 19.7. The van der Waals surface area contributed by atoms with Crippen LogP contribution in [-0.4, -0.2) is 54.2 Å². The number of carbonyl (C=O) groups excluding carboxylic acids is 2. The van der Waals surface area contributed by atoms with Gasteiger partial charge >= 0.3 is 0 Å². The van der Waals surface area contributed by atoms with Crippen molar-refractivity contribution < 1.29 is 18.8 Å². The minimum Gasteiger partial charge on any atom is -0.385 e. The molecule has 0 spiro atoms. The van der Waals surface area contributed by atoms with Gasteiger partial charge in [0, 0.05) is 38.3 Å². The lowest BCUT2D eigenvalue weighted by molar-refractivity contribution is -0.125. The summed E-state index contributed by atoms with van der Waals surface area (Å²) < 4.78 is 10.4. The summed E-state index contributed by atoms with van der Waals surface area (Å²) in [4.78, 5) is 26.9. The van der Waals surface area contributed by atoms with E-state index in [9.17, 15) is 9.59 Å². The zero-order valence-corrected chi connectivity index (χ0v) is 15.3. The lowest BCUT2D eigenvalue weighted by atomic mass is 9.84. The van der Waals surface area contributed by atoms with Gasteiger partial charge in [-0.1, -0.05) is 5.16 Å². The van der Waals surface area contributed by atoms with Gasteiger partial charge in [-0.3, -0.25) is 9.59 Å². The summed E-state index contributed by atoms with van der Waals surface area (Å²) in [6.07, 6.45) is 4.23. The summed E-state index contributed by atoms with van der Waals surface area (Å²) in [6.45, 7) is 5.36. The van der Waals surface area contributed by atoms with E-state index in [2.05, 4.69) is 10.5 Å². The molecule has 1 N–H and O–H groups in total. The highest BCUT2D eigenvalue weighted by atomic mass is 16.5. The lowest BCUT2D eigenvalue weighted by Crippen LogP contribution is -2.57. The van der Waals surface area contributed by atoms with Crippen LogP contribution in [0.25, 0.3) is 0 Å². The average Bonchev–Trinajstić information content (AvgIpc) is 3.39. The van der Waals surface area contributed by atoms with Crippen molar-refractivity contribution in [2.75, 3.05) is 26.8 Å². The molecule has 2 heterocycles. The summed E-state index contributed by atoms with van der Waals surface area (Å²) in [5.41, 5.74) is 0.915. The van der Waals surface area contributed by atoms with Crippen molar-refractivity contribution in [3.63, 3.8) is 0 Å². The van der Waals surface area contributed by atoms with Crippen molar-refractivity contribution in [3.8, 4) is 0 Å². The number of hydrogen-bond acceptors (Lipinski definition) is 5. The number of rotatable bonds is 6. The fourth-order valence-electron chi connectivity index (χ4n) is 3.53. The van der Waals surface area contributed by atoms with Crippen molar-refractivity contribution in [1.82, 2.24) is 15.4 Å². The molecule has 7 heteroatoms. The molecule has 0 aromatic carbocycles. The third-order valence-electron chi connectivity index (χ3n) is 5.38. The Hall–Kier alpha value is -1.89. The Kier molecular flexibility index (Phi) is 5.13. The number of carbonyl (C=O) groups is 2. The van der Waals surface area contributed by atoms with Crippen LogP contribution in [0.5, 0.6) is 0 Å². The van der Waals surface area contributed by atoms with Gasteiger partial charge < -0.3 is 19.5 Å². The number of nitrogens with one attached hydrogen (secondary N) is 1. The predicted octanol–water partition coefficient (Wildman–Crippen LogP) is 1.83. The molecule has 0 unspecified atom stereocenters. The largest absolute Gasteiger partial charge is 0.385 e. The zero-order chi connectivity index (χ0) is 18.0. The van der Waals surface area contributed by atoms with Crippen LogP contribution in [0.2, 0.25) is 0 Å². The first-order valence-corrected chi connectivity index (χ1v) is 8.99. The van der Waals surface area contributed by atoms with E-state index in [-0.39, 0.29) is 23.3 Å². The maximum atomic E-state index is 12.8. The Morgan fingerprint density at radius 3 is 2.52 bits per heavy atom. The van der Waals surface area contributed by atoms with Gasteiger partial charge in [0.25, 0.3) is 5.91 Å². The molecular weight excluding hydrogens is 322 g/mol. The molecule has 0 atom stereocenters. The van der Waals surface area contributed by atoms with Crippen LogP contribution in [-0.2, 0) is 9.53 Å². The molecule has 1 aliphatic carbocycles. The van der Waals surface area contributed by atoms with Gasteiger partial charge in [0.05, 0.1) is 5.69 Å². The first-order valence-electron chi connectivity index (χ1n) is 8.99. The first kappa shape index (κ1) is 17.9. The smallest absolute Gasteiger partial charge is 0.259 e. The summed E-state index contributed by atoms with van der Waals surface area (Å²) in [7, 11) is 1.67. The molecule has 1 aliphatic heterocycles. The number of nitrogens with zero attached hydrogens (tertiary/aromatic N) is 2. The Balaban J connectivity index is 1.66. The van der Waals surface area contributed by atoms with E-state index in [1.165, 1.54) is 0 Å². The van der Waals surface area contributed by atoms with E-state index in [1.54, 1.807) is 21.0 Å². The van der Waals surface area contributed by atoms with Crippen LogP contribution in [0, 0.1) is 19.8 Å². The predicted molar refractivity (Wildman–Crippen MR) is 91.2 cm³/mol. The maximum Gasteiger partial charge on any atom is 0.259 e. The molecule has 2 aliphatic rings. The lowest BCUT2D eigenvalue weighted by Gasteiger charge is -2.42. The average molecular weight is 349 g/mol. The topological polar surface area (TPSA) is 84.7 Å². The van der Waals surface area contributed by atoms with Gasteiger partial charge in [0.1, 0.15) is 11.3 Å². The molecule has 3 rings (SSSR count). The van der Waals surface area contributed by atoms with Crippen LogP contribution in [0.3, 0.4) is 0 Å². The Morgan fingerprint density at radius 2 is 2.00 bits per heavy atom. The fraction of sp³-hybridized carbons (Fsp3) is 0.722. The van der Waals surface area contributed by atoms with Crippen LogP contribution < -0.4 is 5.32 Å². The Labute approximate surface area is 148 Å². The van der Waals surface area contributed by atoms with Crippen molar-refractivity contribution in [2.45, 2.75) is 51.5 Å². The number of hydrogen-bond donors (Lipinski definition) is 1. The monoisotopic (exact) mass is 349 g/mol.